The summed E-state index contributed by atoms with van der Waals surface area (Å²) in [4.78, 5) is 18.3. The van der Waals surface area contributed by atoms with Crippen LogP contribution in [-0.2, 0) is 34.1 Å². The van der Waals surface area contributed by atoms with E-state index in [4.69, 9.17) is 0 Å². The molecule has 1 fully saturated rings. The van der Waals surface area contributed by atoms with Crippen molar-refractivity contribution in [1.82, 2.24) is 15.5 Å². The second-order valence-corrected chi connectivity index (χ2v) is 9.77. The Morgan fingerprint density at radius 2 is 1.81 bits per heavy atom. The van der Waals surface area contributed by atoms with Crippen molar-refractivity contribution in [2.24, 2.45) is 4.99 Å². The summed E-state index contributed by atoms with van der Waals surface area (Å²) in [5.74, 6) is 0.937. The molecule has 2 N–H and O–H groups in total. The minimum Gasteiger partial charge on any atom is -0.356 e. The van der Waals surface area contributed by atoms with Crippen LogP contribution < -0.4 is 10.6 Å². The largest absolute Gasteiger partial charge is 0.356 e. The molecule has 2 aromatic carbocycles. The van der Waals surface area contributed by atoms with Crippen molar-refractivity contribution in [3.8, 4) is 0 Å². The molecular weight excluding hydrogens is 412 g/mol. The fraction of sp³-hybridized carbons (Fsp3) is 0.391. The molecule has 7 nitrogen and oxygen atoms in total. The number of hydrogen-bond acceptors (Lipinski definition) is 4. The molecule has 1 aliphatic heterocycles. The molecule has 0 aromatic heterocycles. The van der Waals surface area contributed by atoms with Crippen LogP contribution >= 0.6 is 0 Å². The fourth-order valence-electron chi connectivity index (χ4n) is 3.56. The van der Waals surface area contributed by atoms with Crippen LogP contribution in [0.5, 0.6) is 0 Å². The smallest absolute Gasteiger partial charge is 0.222 e. The maximum absolute atomic E-state index is 11.8. The third-order valence-corrected chi connectivity index (χ3v) is 6.41. The van der Waals surface area contributed by atoms with Gasteiger partial charge in [-0.3, -0.25) is 9.79 Å². The number of guanidine groups is 1. The Balaban J connectivity index is 1.46. The van der Waals surface area contributed by atoms with E-state index in [2.05, 4.69) is 33.8 Å². The molecule has 31 heavy (non-hydrogen) atoms. The lowest BCUT2D eigenvalue weighted by Gasteiger charge is -2.16. The van der Waals surface area contributed by atoms with Gasteiger partial charge in [-0.2, -0.15) is 0 Å². The van der Waals surface area contributed by atoms with Crippen molar-refractivity contribution in [3.05, 3.63) is 65.2 Å². The van der Waals surface area contributed by atoms with E-state index in [1.54, 1.807) is 19.2 Å². The molecule has 3 rings (SSSR count). The van der Waals surface area contributed by atoms with E-state index in [1.807, 2.05) is 23.1 Å². The molecule has 0 saturated carbocycles. The predicted molar refractivity (Wildman–Crippen MR) is 123 cm³/mol. The van der Waals surface area contributed by atoms with Crippen molar-refractivity contribution in [3.63, 3.8) is 0 Å². The van der Waals surface area contributed by atoms with Gasteiger partial charge in [0.1, 0.15) is 0 Å². The molecule has 0 spiro atoms. The minimum absolute atomic E-state index is 0.235. The van der Waals surface area contributed by atoms with Crippen LogP contribution in [0.15, 0.2) is 58.4 Å². The SMILES string of the molecule is CN=C(NCCc1ccc(S(C)(=O)=O)cc1)NCc1cccc(CN2CCCC2=O)c1. The summed E-state index contributed by atoms with van der Waals surface area (Å²) in [6, 6.07) is 15.2. The Morgan fingerprint density at radius 3 is 2.45 bits per heavy atom. The maximum atomic E-state index is 11.8. The Morgan fingerprint density at radius 1 is 1.06 bits per heavy atom. The van der Waals surface area contributed by atoms with Gasteiger partial charge in [0.2, 0.25) is 5.91 Å². The van der Waals surface area contributed by atoms with Crippen LogP contribution in [-0.4, -0.2) is 51.6 Å². The van der Waals surface area contributed by atoms with Crippen molar-refractivity contribution >= 4 is 21.7 Å². The molecule has 1 amide bonds. The van der Waals surface area contributed by atoms with Gasteiger partial charge >= 0.3 is 0 Å². The van der Waals surface area contributed by atoms with Gasteiger partial charge in [0.05, 0.1) is 4.90 Å². The molecule has 0 aliphatic carbocycles. The topological polar surface area (TPSA) is 90.9 Å². The average molecular weight is 443 g/mol. The van der Waals surface area contributed by atoms with E-state index in [9.17, 15) is 13.2 Å². The van der Waals surface area contributed by atoms with Crippen LogP contribution in [0.2, 0.25) is 0 Å². The molecule has 0 radical (unpaired) electrons. The number of nitrogens with one attached hydrogen (secondary N) is 2. The molecule has 2 aromatic rings. The fourth-order valence-corrected chi connectivity index (χ4v) is 4.19. The lowest BCUT2D eigenvalue weighted by molar-refractivity contribution is -0.128. The minimum atomic E-state index is -3.17. The van der Waals surface area contributed by atoms with Crippen LogP contribution in [0.4, 0.5) is 0 Å². The van der Waals surface area contributed by atoms with E-state index in [0.717, 1.165) is 36.1 Å². The van der Waals surface area contributed by atoms with E-state index < -0.39 is 9.84 Å². The molecule has 1 saturated heterocycles. The van der Waals surface area contributed by atoms with Gasteiger partial charge in [-0.15, -0.1) is 0 Å². The Hall–Kier alpha value is -2.87. The van der Waals surface area contributed by atoms with Gasteiger partial charge in [-0.1, -0.05) is 36.4 Å². The van der Waals surface area contributed by atoms with E-state index >= 15 is 0 Å². The molecule has 0 atom stereocenters. The molecule has 8 heteroatoms. The highest BCUT2D eigenvalue weighted by Crippen LogP contribution is 2.15. The number of benzene rings is 2. The van der Waals surface area contributed by atoms with E-state index in [0.29, 0.717) is 36.9 Å². The highest BCUT2D eigenvalue weighted by Gasteiger charge is 2.19. The Kier molecular flexibility index (Phi) is 7.68. The third-order valence-electron chi connectivity index (χ3n) is 5.28. The quantitative estimate of drug-likeness (QED) is 0.483. The summed E-state index contributed by atoms with van der Waals surface area (Å²) in [6.07, 6.45) is 3.57. The zero-order valence-corrected chi connectivity index (χ0v) is 18.9. The summed E-state index contributed by atoms with van der Waals surface area (Å²) in [7, 11) is -1.44. The van der Waals surface area contributed by atoms with Crippen molar-refractivity contribution in [2.45, 2.75) is 37.2 Å². The summed E-state index contributed by atoms with van der Waals surface area (Å²) < 4.78 is 23.1. The number of amides is 1. The van der Waals surface area contributed by atoms with Crippen LogP contribution in [0.3, 0.4) is 0 Å². The summed E-state index contributed by atoms with van der Waals surface area (Å²) in [6.45, 7) is 2.81. The molecule has 1 heterocycles. The number of likely N-dealkylation sites (tertiary alicyclic amines) is 1. The highest BCUT2D eigenvalue weighted by molar-refractivity contribution is 7.90. The first-order valence-electron chi connectivity index (χ1n) is 10.4. The van der Waals surface area contributed by atoms with Gasteiger partial charge in [0.15, 0.2) is 15.8 Å². The number of nitrogens with zero attached hydrogens (tertiary/aromatic N) is 2. The lowest BCUT2D eigenvalue weighted by Crippen LogP contribution is -2.37. The molecular formula is C23H30N4O3S. The second-order valence-electron chi connectivity index (χ2n) is 7.76. The van der Waals surface area contributed by atoms with Crippen LogP contribution in [0.1, 0.15) is 29.5 Å². The first-order valence-corrected chi connectivity index (χ1v) is 12.3. The molecule has 0 bridgehead atoms. The number of carbonyl (C=O) groups excluding carboxylic acids is 1. The zero-order valence-electron chi connectivity index (χ0n) is 18.1. The monoisotopic (exact) mass is 442 g/mol. The molecule has 1 aliphatic rings. The number of hydrogen-bond donors (Lipinski definition) is 2. The Bertz CT molecular complexity index is 1030. The van der Waals surface area contributed by atoms with Gasteiger partial charge < -0.3 is 15.5 Å². The van der Waals surface area contributed by atoms with Crippen LogP contribution in [0, 0.1) is 0 Å². The van der Waals surface area contributed by atoms with E-state index in [1.165, 1.54) is 6.26 Å². The maximum Gasteiger partial charge on any atom is 0.222 e. The van der Waals surface area contributed by atoms with Gasteiger partial charge in [-0.25, -0.2) is 8.42 Å². The van der Waals surface area contributed by atoms with Gasteiger partial charge in [0, 0.05) is 45.9 Å². The van der Waals surface area contributed by atoms with Crippen LogP contribution in [0.25, 0.3) is 0 Å². The zero-order chi connectivity index (χ0) is 22.3. The summed E-state index contributed by atoms with van der Waals surface area (Å²) >= 11 is 0. The summed E-state index contributed by atoms with van der Waals surface area (Å²) in [5.41, 5.74) is 3.32. The predicted octanol–water partition coefficient (Wildman–Crippen LogP) is 2.12. The van der Waals surface area contributed by atoms with E-state index in [-0.39, 0.29) is 5.91 Å². The normalized spacial score (nSPS) is 14.7. The highest BCUT2D eigenvalue weighted by atomic mass is 32.2. The molecule has 0 unspecified atom stereocenters. The number of rotatable bonds is 8. The first-order chi connectivity index (χ1) is 14.8. The van der Waals surface area contributed by atoms with Crippen molar-refractivity contribution in [1.29, 1.82) is 0 Å². The molecule has 166 valence electrons. The number of aliphatic imine (C=N–C) groups is 1. The van der Waals surface area contributed by atoms with Crippen molar-refractivity contribution < 1.29 is 13.2 Å². The summed E-state index contributed by atoms with van der Waals surface area (Å²) in [5, 5.41) is 6.59. The van der Waals surface area contributed by atoms with Crippen molar-refractivity contribution in [2.75, 3.05) is 26.4 Å². The number of carbonyl (C=O) groups is 1. The third kappa shape index (κ3) is 6.82. The lowest BCUT2D eigenvalue weighted by atomic mass is 10.1. The van der Waals surface area contributed by atoms with Gasteiger partial charge in [-0.05, 0) is 41.7 Å². The number of sulfone groups is 1. The second kappa shape index (κ2) is 10.4. The standard InChI is InChI=1S/C23H30N4O3S/c1-24-23(25-13-12-18-8-10-21(11-9-18)31(2,29)30)26-16-19-5-3-6-20(15-19)17-27-14-4-7-22(27)28/h3,5-6,8-11,15H,4,7,12-14,16-17H2,1-2H3,(H2,24,25,26). The average Bonchev–Trinajstić information content (AvgIpc) is 3.15. The Labute approximate surface area is 184 Å². The first kappa shape index (κ1) is 22.8. The van der Waals surface area contributed by atoms with Gasteiger partial charge in [0.25, 0.3) is 0 Å².